The molecule has 4 rings (SSSR count). The summed E-state index contributed by atoms with van der Waals surface area (Å²) in [5.74, 6) is 0.475. The number of nitrogens with zero attached hydrogens (tertiary/aromatic N) is 2. The predicted octanol–water partition coefficient (Wildman–Crippen LogP) is 3.97. The summed E-state index contributed by atoms with van der Waals surface area (Å²) >= 11 is 0. The van der Waals surface area contributed by atoms with Crippen molar-refractivity contribution in [1.82, 2.24) is 9.97 Å². The lowest BCUT2D eigenvalue weighted by molar-refractivity contribution is 0.0998. The van der Waals surface area contributed by atoms with Crippen molar-refractivity contribution in [3.63, 3.8) is 0 Å². The normalized spacial score (nSPS) is 11.6. The molecule has 1 aromatic heterocycles. The summed E-state index contributed by atoms with van der Waals surface area (Å²) in [4.78, 5) is 24.7. The van der Waals surface area contributed by atoms with Crippen molar-refractivity contribution in [2.75, 3.05) is 0 Å². The van der Waals surface area contributed by atoms with E-state index in [1.54, 1.807) is 18.2 Å². The van der Waals surface area contributed by atoms with Gasteiger partial charge in [0.25, 0.3) is 5.91 Å². The Balaban J connectivity index is 1.88. The molecule has 120 valence electrons. The summed E-state index contributed by atoms with van der Waals surface area (Å²) in [7, 11) is 0. The van der Waals surface area contributed by atoms with E-state index in [-0.39, 0.29) is 5.91 Å². The van der Waals surface area contributed by atoms with Crippen LogP contribution in [0, 0.1) is 0 Å². The SMILES string of the molecule is O=C(N=c1ccccc2[nH]c(-c3ccccc3)nc12)c1ccccc1. The average Bonchev–Trinajstić information content (AvgIpc) is 3.01. The van der Waals surface area contributed by atoms with Crippen LogP contribution >= 0.6 is 0 Å². The summed E-state index contributed by atoms with van der Waals surface area (Å²) in [5, 5.41) is 0.548. The minimum absolute atomic E-state index is 0.280. The van der Waals surface area contributed by atoms with Crippen molar-refractivity contribution < 1.29 is 4.79 Å². The highest BCUT2D eigenvalue weighted by Crippen LogP contribution is 2.17. The number of H-pyrrole nitrogens is 1. The third kappa shape index (κ3) is 3.10. The van der Waals surface area contributed by atoms with Crippen LogP contribution in [0.1, 0.15) is 10.4 Å². The molecule has 1 N–H and O–H groups in total. The van der Waals surface area contributed by atoms with Crippen molar-refractivity contribution in [3.8, 4) is 11.4 Å². The molecular weight excluding hydrogens is 310 g/mol. The Morgan fingerprint density at radius 1 is 0.800 bits per heavy atom. The van der Waals surface area contributed by atoms with E-state index in [0.29, 0.717) is 16.4 Å². The molecule has 0 unspecified atom stereocenters. The van der Waals surface area contributed by atoms with E-state index in [1.807, 2.05) is 66.7 Å². The van der Waals surface area contributed by atoms with Gasteiger partial charge in [0.2, 0.25) is 0 Å². The van der Waals surface area contributed by atoms with Crippen molar-refractivity contribution in [2.24, 2.45) is 4.99 Å². The first-order valence-electron chi connectivity index (χ1n) is 8.00. The Hall–Kier alpha value is -3.53. The van der Waals surface area contributed by atoms with Crippen molar-refractivity contribution >= 4 is 16.9 Å². The number of hydrogen-bond acceptors (Lipinski definition) is 2. The van der Waals surface area contributed by atoms with E-state index in [9.17, 15) is 4.79 Å². The number of imidazole rings is 1. The molecule has 25 heavy (non-hydrogen) atoms. The van der Waals surface area contributed by atoms with Crippen LogP contribution in [0.5, 0.6) is 0 Å². The van der Waals surface area contributed by atoms with Gasteiger partial charge in [-0.05, 0) is 24.3 Å². The molecule has 0 fully saturated rings. The summed E-state index contributed by atoms with van der Waals surface area (Å²) in [6.45, 7) is 0. The number of amides is 1. The first-order chi connectivity index (χ1) is 12.3. The smallest absolute Gasteiger partial charge is 0.277 e. The van der Waals surface area contributed by atoms with Gasteiger partial charge in [0.15, 0.2) is 0 Å². The van der Waals surface area contributed by atoms with Crippen molar-refractivity contribution in [2.45, 2.75) is 0 Å². The lowest BCUT2D eigenvalue weighted by atomic mass is 10.2. The summed E-state index contributed by atoms with van der Waals surface area (Å²) in [5.41, 5.74) is 3.05. The molecule has 0 saturated heterocycles. The predicted molar refractivity (Wildman–Crippen MR) is 97.9 cm³/mol. The van der Waals surface area contributed by atoms with Crippen LogP contribution in [0.4, 0.5) is 0 Å². The monoisotopic (exact) mass is 325 g/mol. The molecule has 0 aliphatic carbocycles. The van der Waals surface area contributed by atoms with Gasteiger partial charge in [0, 0.05) is 11.1 Å². The molecule has 0 aliphatic rings. The van der Waals surface area contributed by atoms with Gasteiger partial charge in [-0.25, -0.2) is 9.98 Å². The molecule has 1 heterocycles. The van der Waals surface area contributed by atoms with E-state index in [2.05, 4.69) is 15.0 Å². The fourth-order valence-electron chi connectivity index (χ4n) is 2.66. The van der Waals surface area contributed by atoms with Crippen molar-refractivity contribution in [1.29, 1.82) is 0 Å². The number of nitrogens with one attached hydrogen (secondary N) is 1. The van der Waals surface area contributed by atoms with Crippen LogP contribution in [0.15, 0.2) is 89.9 Å². The molecule has 4 heteroatoms. The van der Waals surface area contributed by atoms with Gasteiger partial charge in [-0.3, -0.25) is 4.79 Å². The number of carbonyl (C=O) groups is 1. The summed E-state index contributed by atoms with van der Waals surface area (Å²) in [6, 6.07) is 26.4. The first-order valence-corrected chi connectivity index (χ1v) is 8.00. The number of carbonyl (C=O) groups excluding carboxylic acids is 1. The van der Waals surface area contributed by atoms with Crippen LogP contribution in [0.25, 0.3) is 22.4 Å². The lowest BCUT2D eigenvalue weighted by Crippen LogP contribution is -2.06. The molecule has 1 amide bonds. The van der Waals surface area contributed by atoms with Crippen LogP contribution in [-0.2, 0) is 0 Å². The van der Waals surface area contributed by atoms with Gasteiger partial charge in [0.1, 0.15) is 11.3 Å². The highest BCUT2D eigenvalue weighted by molar-refractivity contribution is 5.95. The Bertz CT molecular complexity index is 1100. The fourth-order valence-corrected chi connectivity index (χ4v) is 2.66. The van der Waals surface area contributed by atoms with Gasteiger partial charge in [-0.2, -0.15) is 0 Å². The molecule has 3 aromatic carbocycles. The Morgan fingerprint density at radius 3 is 2.20 bits per heavy atom. The Labute approximate surface area is 144 Å². The Kier molecular flexibility index (Phi) is 3.92. The van der Waals surface area contributed by atoms with E-state index >= 15 is 0 Å². The number of benzene rings is 2. The van der Waals surface area contributed by atoms with Crippen LogP contribution < -0.4 is 5.36 Å². The van der Waals surface area contributed by atoms with Gasteiger partial charge in [-0.1, -0.05) is 60.7 Å². The highest BCUT2D eigenvalue weighted by Gasteiger charge is 2.07. The van der Waals surface area contributed by atoms with Gasteiger partial charge >= 0.3 is 0 Å². The minimum Gasteiger partial charge on any atom is -0.338 e. The second-order valence-electron chi connectivity index (χ2n) is 5.60. The number of aromatic amines is 1. The Morgan fingerprint density at radius 2 is 1.44 bits per heavy atom. The number of rotatable bonds is 2. The molecule has 4 aromatic rings. The van der Waals surface area contributed by atoms with Gasteiger partial charge in [0.05, 0.1) is 10.9 Å². The summed E-state index contributed by atoms with van der Waals surface area (Å²) < 4.78 is 0. The molecule has 0 spiro atoms. The van der Waals surface area contributed by atoms with Crippen LogP contribution in [-0.4, -0.2) is 15.9 Å². The number of aromatic nitrogens is 2. The largest absolute Gasteiger partial charge is 0.338 e. The third-order valence-corrected chi connectivity index (χ3v) is 3.89. The zero-order valence-corrected chi connectivity index (χ0v) is 13.4. The topological polar surface area (TPSA) is 58.1 Å². The maximum Gasteiger partial charge on any atom is 0.277 e. The maximum atomic E-state index is 12.4. The second kappa shape index (κ2) is 6.53. The zero-order chi connectivity index (χ0) is 17.1. The van der Waals surface area contributed by atoms with E-state index in [1.165, 1.54) is 0 Å². The van der Waals surface area contributed by atoms with Gasteiger partial charge in [-0.15, -0.1) is 0 Å². The van der Waals surface area contributed by atoms with E-state index in [0.717, 1.165) is 16.9 Å². The van der Waals surface area contributed by atoms with Crippen molar-refractivity contribution in [3.05, 3.63) is 95.8 Å². The molecule has 0 saturated carbocycles. The van der Waals surface area contributed by atoms with Crippen LogP contribution in [0.2, 0.25) is 0 Å². The standard InChI is InChI=1S/C21H15N3O/c25-21(16-11-5-2-6-12-16)23-18-14-8-7-13-17-19(18)24-20(22-17)15-9-3-1-4-10-15/h1-14H,(H,22,24). The third-order valence-electron chi connectivity index (χ3n) is 3.89. The molecule has 4 nitrogen and oxygen atoms in total. The lowest BCUT2D eigenvalue weighted by Gasteiger charge is -1.94. The molecule has 0 bridgehead atoms. The molecule has 0 radical (unpaired) electrons. The zero-order valence-electron chi connectivity index (χ0n) is 13.4. The maximum absolute atomic E-state index is 12.4. The molecule has 0 aliphatic heterocycles. The highest BCUT2D eigenvalue weighted by atomic mass is 16.1. The first kappa shape index (κ1) is 15.0. The van der Waals surface area contributed by atoms with Crippen LogP contribution in [0.3, 0.4) is 0 Å². The van der Waals surface area contributed by atoms with E-state index < -0.39 is 0 Å². The fraction of sp³-hybridized carbons (Fsp3) is 0. The number of hydrogen-bond donors (Lipinski definition) is 1. The quantitative estimate of drug-likeness (QED) is 0.606. The number of fused-ring (bicyclic) bond motifs is 1. The molecule has 0 atom stereocenters. The average molecular weight is 325 g/mol. The molecular formula is C21H15N3O. The summed E-state index contributed by atoms with van der Waals surface area (Å²) in [6.07, 6.45) is 0. The van der Waals surface area contributed by atoms with Gasteiger partial charge < -0.3 is 4.98 Å². The minimum atomic E-state index is -0.280. The van der Waals surface area contributed by atoms with E-state index in [4.69, 9.17) is 0 Å². The second-order valence-corrected chi connectivity index (χ2v) is 5.60.